The number of carbonyl (C=O) groups is 1. The first-order valence-corrected chi connectivity index (χ1v) is 9.69. The second-order valence-corrected chi connectivity index (χ2v) is 8.97. The first kappa shape index (κ1) is 19.0. The molecule has 134 valence electrons. The zero-order valence-corrected chi connectivity index (χ0v) is 15.7. The molecule has 1 aromatic rings. The summed E-state index contributed by atoms with van der Waals surface area (Å²) in [7, 11) is -3.59. The lowest BCUT2D eigenvalue weighted by atomic mass is 10.1. The summed E-state index contributed by atoms with van der Waals surface area (Å²) in [5.74, 6) is 0. The van der Waals surface area contributed by atoms with Crippen LogP contribution in [0.1, 0.15) is 33.6 Å². The molecule has 1 heterocycles. The number of halogens is 1. The van der Waals surface area contributed by atoms with Gasteiger partial charge in [0.25, 0.3) is 0 Å². The van der Waals surface area contributed by atoms with Crippen molar-refractivity contribution in [3.05, 3.63) is 29.3 Å². The van der Waals surface area contributed by atoms with Crippen molar-refractivity contribution in [3.8, 4) is 0 Å². The third-order valence-corrected chi connectivity index (χ3v) is 5.38. The highest BCUT2D eigenvalue weighted by Gasteiger charge is 2.29. The van der Waals surface area contributed by atoms with E-state index < -0.39 is 15.6 Å². The molecule has 0 unspecified atom stereocenters. The van der Waals surface area contributed by atoms with Crippen molar-refractivity contribution in [1.29, 1.82) is 0 Å². The quantitative estimate of drug-likeness (QED) is 0.882. The first-order valence-electron chi connectivity index (χ1n) is 7.83. The van der Waals surface area contributed by atoms with E-state index in [-0.39, 0.29) is 17.0 Å². The van der Waals surface area contributed by atoms with E-state index in [2.05, 4.69) is 4.72 Å². The SMILES string of the molecule is CC(C)(C)OC(=O)N1CCC(NS(=O)(=O)c2ccc(Cl)cc2)CC1. The Balaban J connectivity index is 1.91. The normalized spacial score (nSPS) is 16.9. The molecule has 0 aromatic heterocycles. The van der Waals surface area contributed by atoms with Gasteiger partial charge in [-0.3, -0.25) is 0 Å². The summed E-state index contributed by atoms with van der Waals surface area (Å²) in [6.45, 7) is 6.37. The van der Waals surface area contributed by atoms with Gasteiger partial charge in [0.1, 0.15) is 5.60 Å². The highest BCUT2D eigenvalue weighted by molar-refractivity contribution is 7.89. The molecule has 1 aliphatic rings. The van der Waals surface area contributed by atoms with Gasteiger partial charge in [-0.2, -0.15) is 0 Å². The Morgan fingerprint density at radius 2 is 1.75 bits per heavy atom. The Bertz CT molecular complexity index is 675. The van der Waals surface area contributed by atoms with E-state index in [1.165, 1.54) is 12.1 Å². The van der Waals surface area contributed by atoms with Gasteiger partial charge in [-0.15, -0.1) is 0 Å². The van der Waals surface area contributed by atoms with Gasteiger partial charge in [-0.25, -0.2) is 17.9 Å². The third kappa shape index (κ3) is 5.36. The Labute approximate surface area is 148 Å². The number of amides is 1. The number of hydrogen-bond acceptors (Lipinski definition) is 4. The average Bonchev–Trinajstić information content (AvgIpc) is 2.46. The van der Waals surface area contributed by atoms with Crippen molar-refractivity contribution in [2.45, 2.75) is 50.2 Å². The second kappa shape index (κ2) is 7.29. The van der Waals surface area contributed by atoms with Crippen molar-refractivity contribution >= 4 is 27.7 Å². The maximum absolute atomic E-state index is 12.4. The van der Waals surface area contributed by atoms with Gasteiger partial charge in [-0.1, -0.05) is 11.6 Å². The number of sulfonamides is 1. The van der Waals surface area contributed by atoms with Crippen LogP contribution in [0.15, 0.2) is 29.2 Å². The fraction of sp³-hybridized carbons (Fsp3) is 0.562. The predicted octanol–water partition coefficient (Wildman–Crippen LogP) is 3.02. The van der Waals surface area contributed by atoms with Gasteiger partial charge in [0.15, 0.2) is 0 Å². The van der Waals surface area contributed by atoms with Crippen LogP contribution < -0.4 is 4.72 Å². The zero-order chi connectivity index (χ0) is 18.0. The zero-order valence-electron chi connectivity index (χ0n) is 14.1. The number of hydrogen-bond donors (Lipinski definition) is 1. The Morgan fingerprint density at radius 3 is 2.25 bits per heavy atom. The van der Waals surface area contributed by atoms with E-state index in [0.717, 1.165) is 0 Å². The third-order valence-electron chi connectivity index (χ3n) is 3.59. The first-order chi connectivity index (χ1) is 11.1. The maximum atomic E-state index is 12.4. The van der Waals surface area contributed by atoms with Crippen LogP contribution in [-0.4, -0.2) is 44.1 Å². The Kier molecular flexibility index (Phi) is 5.78. The summed E-state index contributed by atoms with van der Waals surface area (Å²) in [5, 5.41) is 0.486. The van der Waals surface area contributed by atoms with Gasteiger partial charge >= 0.3 is 6.09 Å². The minimum absolute atomic E-state index is 0.182. The van der Waals surface area contributed by atoms with Gasteiger partial charge in [0.2, 0.25) is 10.0 Å². The van der Waals surface area contributed by atoms with Crippen molar-refractivity contribution in [2.75, 3.05) is 13.1 Å². The van der Waals surface area contributed by atoms with Crippen LogP contribution in [0.4, 0.5) is 4.79 Å². The standard InChI is InChI=1S/C16H23ClN2O4S/c1-16(2,3)23-15(20)19-10-8-13(9-11-19)18-24(21,22)14-6-4-12(17)5-7-14/h4-7,13,18H,8-11H2,1-3H3. The van der Waals surface area contributed by atoms with Gasteiger partial charge in [-0.05, 0) is 57.9 Å². The molecule has 8 heteroatoms. The lowest BCUT2D eigenvalue weighted by Gasteiger charge is -2.33. The molecule has 0 radical (unpaired) electrons. The van der Waals surface area contributed by atoms with Crippen LogP contribution in [0.25, 0.3) is 0 Å². The monoisotopic (exact) mass is 374 g/mol. The second-order valence-electron chi connectivity index (χ2n) is 6.82. The van der Waals surface area contributed by atoms with Gasteiger partial charge in [0.05, 0.1) is 4.90 Å². The van der Waals surface area contributed by atoms with Crippen LogP contribution in [0, 0.1) is 0 Å². The fourth-order valence-corrected chi connectivity index (χ4v) is 3.84. The Hall–Kier alpha value is -1.31. The number of carbonyl (C=O) groups excluding carboxylic acids is 1. The number of nitrogens with one attached hydrogen (secondary N) is 1. The van der Waals surface area contributed by atoms with Crippen molar-refractivity contribution in [3.63, 3.8) is 0 Å². The largest absolute Gasteiger partial charge is 0.444 e. The molecule has 24 heavy (non-hydrogen) atoms. The lowest BCUT2D eigenvalue weighted by molar-refractivity contribution is 0.0203. The molecule has 1 amide bonds. The summed E-state index contributed by atoms with van der Waals surface area (Å²) in [6.07, 6.45) is 0.736. The lowest BCUT2D eigenvalue weighted by Crippen LogP contribution is -2.47. The van der Waals surface area contributed by atoms with E-state index in [1.807, 2.05) is 20.8 Å². The fourth-order valence-electron chi connectivity index (χ4n) is 2.41. The van der Waals surface area contributed by atoms with E-state index in [9.17, 15) is 13.2 Å². The minimum Gasteiger partial charge on any atom is -0.444 e. The topological polar surface area (TPSA) is 75.7 Å². The summed E-state index contributed by atoms with van der Waals surface area (Å²) < 4.78 is 32.7. The molecule has 1 fully saturated rings. The minimum atomic E-state index is -3.59. The van der Waals surface area contributed by atoms with E-state index >= 15 is 0 Å². The van der Waals surface area contributed by atoms with E-state index in [0.29, 0.717) is 31.0 Å². The molecule has 2 rings (SSSR count). The molecule has 0 atom stereocenters. The molecule has 1 aromatic carbocycles. The number of ether oxygens (including phenoxy) is 1. The maximum Gasteiger partial charge on any atom is 0.410 e. The smallest absolute Gasteiger partial charge is 0.410 e. The number of benzene rings is 1. The molecule has 0 aliphatic carbocycles. The predicted molar refractivity (Wildman–Crippen MR) is 92.6 cm³/mol. The van der Waals surface area contributed by atoms with Crippen molar-refractivity contribution in [1.82, 2.24) is 9.62 Å². The summed E-state index contributed by atoms with van der Waals surface area (Å²) >= 11 is 5.78. The van der Waals surface area contributed by atoms with Crippen LogP contribution in [0.3, 0.4) is 0 Å². The molecular weight excluding hydrogens is 352 g/mol. The highest BCUT2D eigenvalue weighted by Crippen LogP contribution is 2.19. The Morgan fingerprint density at radius 1 is 1.21 bits per heavy atom. The number of likely N-dealkylation sites (tertiary alicyclic amines) is 1. The number of piperidine rings is 1. The van der Waals surface area contributed by atoms with E-state index in [1.54, 1.807) is 17.0 Å². The molecule has 0 bridgehead atoms. The molecule has 0 saturated carbocycles. The number of nitrogens with zero attached hydrogens (tertiary/aromatic N) is 1. The summed E-state index contributed by atoms with van der Waals surface area (Å²) in [5.41, 5.74) is -0.538. The van der Waals surface area contributed by atoms with Crippen molar-refractivity contribution < 1.29 is 17.9 Å². The van der Waals surface area contributed by atoms with Crippen LogP contribution in [0.5, 0.6) is 0 Å². The van der Waals surface area contributed by atoms with Gasteiger partial charge < -0.3 is 9.64 Å². The molecule has 1 aliphatic heterocycles. The number of rotatable bonds is 3. The summed E-state index contributed by atoms with van der Waals surface area (Å²) in [4.78, 5) is 13.8. The molecule has 1 N–H and O–H groups in total. The molecule has 0 spiro atoms. The van der Waals surface area contributed by atoms with Gasteiger partial charge in [0, 0.05) is 24.2 Å². The molecular formula is C16H23ClN2O4S. The molecule has 1 saturated heterocycles. The molecule has 6 nitrogen and oxygen atoms in total. The van der Waals surface area contributed by atoms with Crippen LogP contribution in [-0.2, 0) is 14.8 Å². The highest BCUT2D eigenvalue weighted by atomic mass is 35.5. The summed E-state index contributed by atoms with van der Waals surface area (Å²) in [6, 6.07) is 5.83. The van der Waals surface area contributed by atoms with Crippen LogP contribution >= 0.6 is 11.6 Å². The average molecular weight is 375 g/mol. The van der Waals surface area contributed by atoms with Crippen molar-refractivity contribution in [2.24, 2.45) is 0 Å². The van der Waals surface area contributed by atoms with E-state index in [4.69, 9.17) is 16.3 Å². The van der Waals surface area contributed by atoms with Crippen LogP contribution in [0.2, 0.25) is 5.02 Å².